The Morgan fingerprint density at radius 1 is 1.13 bits per heavy atom. The Bertz CT molecular complexity index is 1630. The maximum Gasteiger partial charge on any atom is 0.196 e. The van der Waals surface area contributed by atoms with Gasteiger partial charge in [0.05, 0.1) is 31.5 Å². The standard InChI is InChI=1S/C41H61N5O7S2/c1-28(47)23-44-26-52-17-14-29-13-16-40(21-29,25-42-2)53-36-19-30-8-5-6-10-37(49)41(22-31-11-12-34(48)35(20-31)51-4)15-7-9-32(41)24-54-55-27-45-39(43-3)46-33(18-30)38(36)50/h6,10-12,18-20,28-29,32,42,44,47-48,50H,5,7-9,13-17,21-27H2,1-4H3,(H2,43,45,46). The van der Waals surface area contributed by atoms with Crippen molar-refractivity contribution in [2.45, 2.75) is 82.8 Å². The van der Waals surface area contributed by atoms with Gasteiger partial charge in [-0.25, -0.2) is 0 Å². The number of ether oxygens (including phenoxy) is 3. The molecule has 2 saturated carbocycles. The van der Waals surface area contributed by atoms with Gasteiger partial charge >= 0.3 is 0 Å². The van der Waals surface area contributed by atoms with Gasteiger partial charge in [-0.05, 0) is 125 Å². The molecule has 0 spiro atoms. The number of guanidine groups is 1. The molecule has 5 atom stereocenters. The first-order valence-electron chi connectivity index (χ1n) is 19.5. The number of aryl methyl sites for hydroxylation is 1. The van der Waals surface area contributed by atoms with Crippen molar-refractivity contribution in [3.63, 3.8) is 0 Å². The van der Waals surface area contributed by atoms with E-state index in [-0.39, 0.29) is 23.2 Å². The van der Waals surface area contributed by atoms with Crippen molar-refractivity contribution in [1.82, 2.24) is 16.0 Å². The zero-order valence-corrected chi connectivity index (χ0v) is 34.5. The fourth-order valence-corrected chi connectivity index (χ4v) is 10.6. The highest BCUT2D eigenvalue weighted by atomic mass is 33.1. The van der Waals surface area contributed by atoms with Gasteiger partial charge in [-0.1, -0.05) is 40.2 Å². The zero-order chi connectivity index (χ0) is 39.3. The van der Waals surface area contributed by atoms with Crippen LogP contribution in [-0.4, -0.2) is 98.0 Å². The average molecular weight is 800 g/mol. The van der Waals surface area contributed by atoms with Crippen LogP contribution in [-0.2, 0) is 22.4 Å². The quantitative estimate of drug-likeness (QED) is 0.0515. The average Bonchev–Trinajstić information content (AvgIpc) is 3.76. The Labute approximate surface area is 334 Å². The summed E-state index contributed by atoms with van der Waals surface area (Å²) < 4.78 is 18.0. The minimum Gasteiger partial charge on any atom is -0.504 e. The summed E-state index contributed by atoms with van der Waals surface area (Å²) in [5.74, 6) is 3.67. The first-order chi connectivity index (χ1) is 26.6. The molecule has 0 amide bonds. The highest BCUT2D eigenvalue weighted by Gasteiger charge is 2.47. The van der Waals surface area contributed by atoms with E-state index >= 15 is 0 Å². The second-order valence-electron chi connectivity index (χ2n) is 15.2. The lowest BCUT2D eigenvalue weighted by Gasteiger charge is -2.33. The van der Waals surface area contributed by atoms with Gasteiger partial charge in [0.2, 0.25) is 0 Å². The lowest BCUT2D eigenvalue weighted by atomic mass is 9.70. The van der Waals surface area contributed by atoms with E-state index in [1.165, 1.54) is 0 Å². The molecular weight excluding hydrogens is 739 g/mol. The fourth-order valence-electron chi connectivity index (χ4n) is 8.34. The molecule has 55 heavy (non-hydrogen) atoms. The highest BCUT2D eigenvalue weighted by molar-refractivity contribution is 8.76. The maximum atomic E-state index is 14.3. The number of phenolic OH excluding ortho intramolecular Hbond substituents is 2. The van der Waals surface area contributed by atoms with E-state index in [0.717, 1.165) is 61.8 Å². The molecule has 0 saturated heterocycles. The van der Waals surface area contributed by atoms with Crippen LogP contribution in [0, 0.1) is 17.3 Å². The van der Waals surface area contributed by atoms with Gasteiger partial charge in [-0.15, -0.1) is 0 Å². The lowest BCUT2D eigenvalue weighted by molar-refractivity contribution is -0.125. The fraction of sp³-hybridized carbons (Fsp3) is 0.610. The number of hydrogen-bond donors (Lipinski definition) is 7. The van der Waals surface area contributed by atoms with Crippen molar-refractivity contribution in [3.05, 3.63) is 53.6 Å². The number of ketones is 1. The van der Waals surface area contributed by atoms with Crippen molar-refractivity contribution in [2.75, 3.05) is 64.6 Å². The summed E-state index contributed by atoms with van der Waals surface area (Å²) in [7, 11) is 8.62. The minimum absolute atomic E-state index is 0.0319. The summed E-state index contributed by atoms with van der Waals surface area (Å²) in [4.78, 5) is 18.7. The number of aliphatic hydroxyl groups is 1. The topological polar surface area (TPSA) is 166 Å². The van der Waals surface area contributed by atoms with Crippen molar-refractivity contribution < 1.29 is 34.3 Å². The molecule has 12 nitrogen and oxygen atoms in total. The van der Waals surface area contributed by atoms with Crippen LogP contribution < -0.4 is 30.7 Å². The van der Waals surface area contributed by atoms with E-state index in [1.807, 2.05) is 37.4 Å². The normalized spacial score (nSPS) is 26.2. The number of benzene rings is 2. The maximum absolute atomic E-state index is 14.3. The lowest BCUT2D eigenvalue weighted by Crippen LogP contribution is -2.42. The first kappa shape index (κ1) is 43.0. The van der Waals surface area contributed by atoms with Crippen molar-refractivity contribution in [3.8, 4) is 23.0 Å². The monoisotopic (exact) mass is 799 g/mol. The molecule has 5 unspecified atom stereocenters. The number of allylic oxidation sites excluding steroid dienone is 2. The highest BCUT2D eigenvalue weighted by Crippen LogP contribution is 2.50. The SMILES string of the molecule is CN=C1NCSSCC2CCCC2(Cc2ccc(O)c(OC)c2)C(=O)C=CCCc2cc(c(O)c(OC3(CNC)CCC(CCOCNCC(C)O)C3)c2)N1. The molecule has 1 heterocycles. The molecule has 2 fully saturated rings. The number of aliphatic hydroxyl groups excluding tert-OH is 1. The molecule has 5 rings (SSSR count). The van der Waals surface area contributed by atoms with Crippen LogP contribution in [0.3, 0.4) is 0 Å². The minimum atomic E-state index is -0.542. The Balaban J connectivity index is 1.35. The number of aliphatic imine (C=N–C) groups is 1. The number of carbonyl (C=O) groups is 1. The third-order valence-electron chi connectivity index (χ3n) is 11.2. The summed E-state index contributed by atoms with van der Waals surface area (Å²) in [6, 6.07) is 9.27. The summed E-state index contributed by atoms with van der Waals surface area (Å²) in [5, 5.41) is 44.5. The third-order valence-corrected chi connectivity index (χ3v) is 13.4. The number of fused-ring (bicyclic) bond motifs is 3. The number of nitrogens with one attached hydrogen (secondary N) is 4. The number of hydrogen-bond acceptors (Lipinski definition) is 12. The first-order valence-corrected chi connectivity index (χ1v) is 22.0. The van der Waals surface area contributed by atoms with Gasteiger partial charge in [0.1, 0.15) is 5.60 Å². The van der Waals surface area contributed by atoms with Crippen LogP contribution in [0.15, 0.2) is 47.5 Å². The van der Waals surface area contributed by atoms with E-state index in [0.29, 0.717) is 80.6 Å². The van der Waals surface area contributed by atoms with E-state index in [2.05, 4.69) is 26.3 Å². The van der Waals surface area contributed by atoms with Crippen LogP contribution in [0.25, 0.3) is 0 Å². The van der Waals surface area contributed by atoms with Crippen molar-refractivity contribution in [2.24, 2.45) is 22.2 Å². The molecule has 3 aliphatic rings. The van der Waals surface area contributed by atoms with Crippen molar-refractivity contribution in [1.29, 1.82) is 0 Å². The summed E-state index contributed by atoms with van der Waals surface area (Å²) >= 11 is 0. The van der Waals surface area contributed by atoms with Crippen LogP contribution >= 0.6 is 21.6 Å². The number of likely N-dealkylation sites (N-methyl/N-ethyl adjacent to an activating group) is 1. The Morgan fingerprint density at radius 3 is 2.76 bits per heavy atom. The number of rotatable bonds is 14. The molecule has 2 aromatic rings. The number of methoxy groups -OCH3 is 1. The summed E-state index contributed by atoms with van der Waals surface area (Å²) in [6.45, 7) is 3.90. The number of anilines is 1. The van der Waals surface area contributed by atoms with Gasteiger partial charge in [-0.2, -0.15) is 0 Å². The smallest absolute Gasteiger partial charge is 0.196 e. The number of aromatic hydroxyl groups is 2. The van der Waals surface area contributed by atoms with Gasteiger partial charge in [0.15, 0.2) is 34.7 Å². The molecule has 2 bridgehead atoms. The third kappa shape index (κ3) is 11.7. The number of carbonyl (C=O) groups excluding carboxylic acids is 1. The van der Waals surface area contributed by atoms with Crippen LogP contribution in [0.4, 0.5) is 5.69 Å². The van der Waals surface area contributed by atoms with Gasteiger partial charge in [-0.3, -0.25) is 15.1 Å². The Morgan fingerprint density at radius 2 is 1.98 bits per heavy atom. The molecule has 304 valence electrons. The molecule has 14 heteroatoms. The van der Waals surface area contributed by atoms with Gasteiger partial charge < -0.3 is 45.5 Å². The Hall–Kier alpha value is -3.14. The summed E-state index contributed by atoms with van der Waals surface area (Å²) in [6.07, 6.45) is 11.6. The second kappa shape index (κ2) is 20.9. The predicted octanol–water partition coefficient (Wildman–Crippen LogP) is 6.01. The molecule has 7 N–H and O–H groups in total. The zero-order valence-electron chi connectivity index (χ0n) is 32.8. The molecule has 2 aliphatic carbocycles. The molecule has 0 radical (unpaired) electrons. The molecule has 1 aliphatic heterocycles. The molecule has 0 aromatic heterocycles. The van der Waals surface area contributed by atoms with Gasteiger partial charge in [0.25, 0.3) is 0 Å². The Kier molecular flexibility index (Phi) is 16.3. The van der Waals surface area contributed by atoms with Crippen LogP contribution in [0.1, 0.15) is 69.4 Å². The largest absolute Gasteiger partial charge is 0.504 e. The molecule has 2 aromatic carbocycles. The van der Waals surface area contributed by atoms with Crippen LogP contribution in [0.5, 0.6) is 23.0 Å². The second-order valence-corrected chi connectivity index (χ2v) is 17.7. The predicted molar refractivity (Wildman–Crippen MR) is 223 cm³/mol. The molecular formula is C41H61N5O7S2. The van der Waals surface area contributed by atoms with E-state index in [1.54, 1.807) is 54.8 Å². The number of phenols is 2. The van der Waals surface area contributed by atoms with E-state index < -0.39 is 17.1 Å². The van der Waals surface area contributed by atoms with Crippen molar-refractivity contribution >= 4 is 39.0 Å². The van der Waals surface area contributed by atoms with Gasteiger partial charge in [0, 0.05) is 37.9 Å². The van der Waals surface area contributed by atoms with E-state index in [9.17, 15) is 20.1 Å². The van der Waals surface area contributed by atoms with E-state index in [4.69, 9.17) is 14.2 Å². The number of nitrogens with zero attached hydrogens (tertiary/aromatic N) is 1. The summed E-state index contributed by atoms with van der Waals surface area (Å²) in [5.41, 5.74) is 1.41. The van der Waals surface area contributed by atoms with Crippen LogP contribution in [0.2, 0.25) is 0 Å².